The molecule has 0 aromatic rings. The van der Waals surface area contributed by atoms with Crippen LogP contribution in [0.3, 0.4) is 0 Å². The fourth-order valence-corrected chi connectivity index (χ4v) is 0.227. The van der Waals surface area contributed by atoms with Gasteiger partial charge in [-0.1, -0.05) is 23.2 Å². The lowest BCUT2D eigenvalue weighted by Crippen LogP contribution is -2.35. The van der Waals surface area contributed by atoms with Crippen LogP contribution in [0.5, 0.6) is 0 Å². The molecule has 0 N–H and O–H groups in total. The summed E-state index contributed by atoms with van der Waals surface area (Å²) in [5, 5.41) is 0. The molecule has 0 rings (SSSR count). The van der Waals surface area contributed by atoms with Crippen molar-refractivity contribution in [1.29, 1.82) is 0 Å². The zero-order valence-electron chi connectivity index (χ0n) is 3.97. The van der Waals surface area contributed by atoms with Crippen molar-refractivity contribution >= 4 is 34.8 Å². The summed E-state index contributed by atoms with van der Waals surface area (Å²) in [5.74, 6) is -0.861. The first-order valence-electron chi connectivity index (χ1n) is 1.82. The van der Waals surface area contributed by atoms with E-state index >= 15 is 0 Å². The first-order valence-corrected chi connectivity index (χ1v) is 3.11. The molecule has 0 bridgehead atoms. The zero-order chi connectivity index (χ0) is 7.71. The lowest BCUT2D eigenvalue weighted by molar-refractivity contribution is -0.136. The quantitative estimate of drug-likeness (QED) is 0.572. The standard InChI is InChI=1S/C3H2Cl3F3/c4-1-2(5,6)3(7,8)9/h1H2. The molecule has 9 heavy (non-hydrogen) atoms. The van der Waals surface area contributed by atoms with E-state index in [0.717, 1.165) is 0 Å². The van der Waals surface area contributed by atoms with Gasteiger partial charge in [-0.05, 0) is 0 Å². The Labute approximate surface area is 64.9 Å². The average molecular weight is 201 g/mol. The number of hydrogen-bond acceptors (Lipinski definition) is 0. The maximum Gasteiger partial charge on any atom is 0.422 e. The van der Waals surface area contributed by atoms with Crippen LogP contribution in [-0.2, 0) is 0 Å². The van der Waals surface area contributed by atoms with Crippen molar-refractivity contribution < 1.29 is 13.2 Å². The van der Waals surface area contributed by atoms with Gasteiger partial charge in [0.1, 0.15) is 0 Å². The van der Waals surface area contributed by atoms with Gasteiger partial charge in [0.2, 0.25) is 4.33 Å². The molecular formula is C3H2Cl3F3. The monoisotopic (exact) mass is 200 g/mol. The van der Waals surface area contributed by atoms with Gasteiger partial charge < -0.3 is 0 Å². The van der Waals surface area contributed by atoms with Crippen LogP contribution in [0, 0.1) is 0 Å². The van der Waals surface area contributed by atoms with Gasteiger partial charge in [-0.25, -0.2) is 0 Å². The molecule has 6 heteroatoms. The first-order chi connectivity index (χ1) is 3.81. The van der Waals surface area contributed by atoms with Crippen LogP contribution < -0.4 is 0 Å². The Bertz CT molecular complexity index is 97.0. The molecule has 0 heterocycles. The molecule has 0 aliphatic rings. The van der Waals surface area contributed by atoms with E-state index in [2.05, 4.69) is 0 Å². The predicted molar refractivity (Wildman–Crippen MR) is 31.2 cm³/mol. The summed E-state index contributed by atoms with van der Waals surface area (Å²) in [4.78, 5) is 0. The van der Waals surface area contributed by atoms with Crippen LogP contribution in [0.15, 0.2) is 0 Å². The summed E-state index contributed by atoms with van der Waals surface area (Å²) in [7, 11) is 0. The van der Waals surface area contributed by atoms with Gasteiger partial charge in [0.25, 0.3) is 0 Å². The molecule has 0 amide bonds. The van der Waals surface area contributed by atoms with E-state index in [9.17, 15) is 13.2 Å². The topological polar surface area (TPSA) is 0 Å². The second-order valence-electron chi connectivity index (χ2n) is 1.34. The number of hydrogen-bond donors (Lipinski definition) is 0. The summed E-state index contributed by atoms with van der Waals surface area (Å²) in [6, 6.07) is 0. The van der Waals surface area contributed by atoms with Crippen LogP contribution in [0.1, 0.15) is 0 Å². The molecule has 0 aromatic carbocycles. The average Bonchev–Trinajstić information content (AvgIpc) is 1.64. The van der Waals surface area contributed by atoms with Crippen molar-refractivity contribution in [2.24, 2.45) is 0 Å². The molecule has 0 aliphatic carbocycles. The second-order valence-corrected chi connectivity index (χ2v) is 3.09. The van der Waals surface area contributed by atoms with Gasteiger partial charge in [-0.2, -0.15) is 13.2 Å². The summed E-state index contributed by atoms with van der Waals surface area (Å²) >= 11 is 14.2. The third-order valence-electron chi connectivity index (χ3n) is 0.583. The van der Waals surface area contributed by atoms with Gasteiger partial charge >= 0.3 is 6.18 Å². The minimum absolute atomic E-state index is 0.861. The molecule has 0 nitrogen and oxygen atoms in total. The van der Waals surface area contributed by atoms with Crippen LogP contribution in [0.4, 0.5) is 13.2 Å². The van der Waals surface area contributed by atoms with Crippen molar-refractivity contribution in [2.45, 2.75) is 10.5 Å². The number of alkyl halides is 6. The molecule has 0 saturated carbocycles. The Morgan fingerprint density at radius 2 is 1.44 bits per heavy atom. The highest BCUT2D eigenvalue weighted by atomic mass is 35.5. The highest BCUT2D eigenvalue weighted by Gasteiger charge is 2.51. The van der Waals surface area contributed by atoms with Gasteiger partial charge in [-0.3, -0.25) is 0 Å². The Hall–Kier alpha value is 0.660. The number of halogens is 6. The van der Waals surface area contributed by atoms with E-state index in [-0.39, 0.29) is 0 Å². The van der Waals surface area contributed by atoms with Crippen LogP contribution in [-0.4, -0.2) is 16.4 Å². The molecule has 0 spiro atoms. The third kappa shape index (κ3) is 2.40. The van der Waals surface area contributed by atoms with Gasteiger partial charge in [0.05, 0.1) is 5.88 Å². The maximum atomic E-state index is 11.5. The first kappa shape index (κ1) is 9.66. The second kappa shape index (κ2) is 2.72. The Kier molecular flexibility index (Phi) is 2.92. The fraction of sp³-hybridized carbons (Fsp3) is 1.00. The summed E-state index contributed by atoms with van der Waals surface area (Å²) < 4.78 is 31.6. The van der Waals surface area contributed by atoms with Crippen molar-refractivity contribution in [2.75, 3.05) is 5.88 Å². The van der Waals surface area contributed by atoms with E-state index in [1.54, 1.807) is 0 Å². The maximum absolute atomic E-state index is 11.5. The molecule has 0 fully saturated rings. The summed E-state index contributed by atoms with van der Waals surface area (Å²) in [6.07, 6.45) is -4.65. The molecule has 0 radical (unpaired) electrons. The van der Waals surface area contributed by atoms with Gasteiger partial charge in [0.15, 0.2) is 0 Å². The fourth-order valence-electron chi connectivity index (χ4n) is 0.0758. The van der Waals surface area contributed by atoms with E-state index in [1.807, 2.05) is 0 Å². The SMILES string of the molecule is FC(F)(F)C(Cl)(Cl)CCl. The van der Waals surface area contributed by atoms with E-state index < -0.39 is 16.4 Å². The molecule has 0 aromatic heterocycles. The molecule has 0 aliphatic heterocycles. The Morgan fingerprint density at radius 3 is 1.44 bits per heavy atom. The normalized spacial score (nSPS) is 14.0. The van der Waals surface area contributed by atoms with Crippen LogP contribution in [0.2, 0.25) is 0 Å². The number of rotatable bonds is 1. The van der Waals surface area contributed by atoms with Gasteiger partial charge in [-0.15, -0.1) is 11.6 Å². The van der Waals surface area contributed by atoms with Crippen molar-refractivity contribution in [3.05, 3.63) is 0 Å². The smallest absolute Gasteiger partial charge is 0.168 e. The largest absolute Gasteiger partial charge is 0.422 e. The minimum Gasteiger partial charge on any atom is -0.168 e. The molecule has 56 valence electrons. The van der Waals surface area contributed by atoms with Crippen LogP contribution in [0.25, 0.3) is 0 Å². The zero-order valence-corrected chi connectivity index (χ0v) is 6.24. The molecule has 0 saturated heterocycles. The summed E-state index contributed by atoms with van der Waals surface area (Å²) in [5.41, 5.74) is 0. The van der Waals surface area contributed by atoms with Crippen molar-refractivity contribution in [3.8, 4) is 0 Å². The molecular weight excluding hydrogens is 199 g/mol. The lowest BCUT2D eigenvalue weighted by Gasteiger charge is -2.18. The van der Waals surface area contributed by atoms with Crippen molar-refractivity contribution in [1.82, 2.24) is 0 Å². The Morgan fingerprint density at radius 1 is 1.11 bits per heavy atom. The lowest BCUT2D eigenvalue weighted by atomic mass is 10.4. The third-order valence-corrected chi connectivity index (χ3v) is 1.95. The molecule has 0 atom stereocenters. The van der Waals surface area contributed by atoms with E-state index in [4.69, 9.17) is 34.8 Å². The highest BCUT2D eigenvalue weighted by Crippen LogP contribution is 2.40. The van der Waals surface area contributed by atoms with Crippen LogP contribution >= 0.6 is 34.8 Å². The van der Waals surface area contributed by atoms with Crippen molar-refractivity contribution in [3.63, 3.8) is 0 Å². The van der Waals surface area contributed by atoms with E-state index in [1.165, 1.54) is 0 Å². The predicted octanol–water partition coefficient (Wildman–Crippen LogP) is 2.96. The van der Waals surface area contributed by atoms with E-state index in [0.29, 0.717) is 0 Å². The minimum atomic E-state index is -4.65. The summed E-state index contributed by atoms with van der Waals surface area (Å²) in [6.45, 7) is 0. The van der Waals surface area contributed by atoms with Gasteiger partial charge in [0, 0.05) is 0 Å². The molecule has 0 unspecified atom stereocenters. The highest BCUT2D eigenvalue weighted by molar-refractivity contribution is 6.52. The Balaban J connectivity index is 4.14.